The van der Waals surface area contributed by atoms with Crippen LogP contribution in [0.15, 0.2) is 216 Å². The van der Waals surface area contributed by atoms with Crippen LogP contribution in [-0.4, -0.2) is 16.6 Å². The molecular formula is C52H37N3S. The summed E-state index contributed by atoms with van der Waals surface area (Å²) in [6, 6.07) is 64.5. The Labute approximate surface area is 330 Å². The van der Waals surface area contributed by atoms with Crippen LogP contribution in [0.5, 0.6) is 0 Å². The van der Waals surface area contributed by atoms with Gasteiger partial charge in [0, 0.05) is 59.9 Å². The molecule has 0 saturated carbocycles. The maximum absolute atomic E-state index is 5.21. The highest BCUT2D eigenvalue weighted by atomic mass is 32.1. The zero-order valence-electron chi connectivity index (χ0n) is 30.7. The first-order valence-corrected chi connectivity index (χ1v) is 19.8. The molecule has 7 aromatic carbocycles. The molecule has 1 aliphatic carbocycles. The molecule has 10 rings (SSSR count). The molecule has 0 aliphatic heterocycles. The van der Waals surface area contributed by atoms with E-state index in [1.165, 1.54) is 53.2 Å². The lowest BCUT2D eigenvalue weighted by molar-refractivity contribution is 0.803. The SMILES string of the molecule is C=C(N=C(N=Cc1ccccc1)c1ccccc1)C1=CC(c2ccccc2)=C(n2c3ccccc3c3c4c(ccc32)sc2ccccc24)C(c2ccccc2)C1. The van der Waals surface area contributed by atoms with Crippen LogP contribution in [0, 0.1) is 0 Å². The van der Waals surface area contributed by atoms with Gasteiger partial charge >= 0.3 is 0 Å². The van der Waals surface area contributed by atoms with Crippen molar-refractivity contribution in [1.82, 2.24) is 4.57 Å². The Morgan fingerprint density at radius 1 is 0.607 bits per heavy atom. The van der Waals surface area contributed by atoms with Crippen LogP contribution in [0.3, 0.4) is 0 Å². The Kier molecular flexibility index (Phi) is 8.66. The lowest BCUT2D eigenvalue weighted by atomic mass is 9.79. The summed E-state index contributed by atoms with van der Waals surface area (Å²) in [5.74, 6) is 0.627. The van der Waals surface area contributed by atoms with Crippen LogP contribution in [0.4, 0.5) is 0 Å². The quantitative estimate of drug-likeness (QED) is 0.115. The van der Waals surface area contributed by atoms with Crippen molar-refractivity contribution in [3.63, 3.8) is 0 Å². The number of rotatable bonds is 7. The zero-order chi connectivity index (χ0) is 37.4. The van der Waals surface area contributed by atoms with Gasteiger partial charge in [-0.3, -0.25) is 0 Å². The van der Waals surface area contributed by atoms with Crippen molar-refractivity contribution in [1.29, 1.82) is 0 Å². The second kappa shape index (κ2) is 14.4. The smallest absolute Gasteiger partial charge is 0.159 e. The highest BCUT2D eigenvalue weighted by Gasteiger charge is 2.31. The Hall–Kier alpha value is -6.88. The van der Waals surface area contributed by atoms with Crippen molar-refractivity contribution in [3.8, 4) is 0 Å². The summed E-state index contributed by atoms with van der Waals surface area (Å²) in [6.45, 7) is 4.64. The van der Waals surface area contributed by atoms with Gasteiger partial charge in [-0.15, -0.1) is 11.3 Å². The van der Waals surface area contributed by atoms with E-state index in [1.807, 2.05) is 66.1 Å². The molecule has 9 aromatic rings. The van der Waals surface area contributed by atoms with Gasteiger partial charge in [0.15, 0.2) is 5.84 Å². The average molecular weight is 736 g/mol. The first-order valence-electron chi connectivity index (χ1n) is 19.0. The molecular weight excluding hydrogens is 699 g/mol. The van der Waals surface area contributed by atoms with Gasteiger partial charge in [-0.25, -0.2) is 9.98 Å². The van der Waals surface area contributed by atoms with Crippen LogP contribution in [0.25, 0.3) is 53.2 Å². The third-order valence-electron chi connectivity index (χ3n) is 10.8. The maximum Gasteiger partial charge on any atom is 0.159 e. The van der Waals surface area contributed by atoms with Crippen molar-refractivity contribution in [2.75, 3.05) is 0 Å². The zero-order valence-corrected chi connectivity index (χ0v) is 31.5. The van der Waals surface area contributed by atoms with Gasteiger partial charge in [-0.1, -0.05) is 164 Å². The lowest BCUT2D eigenvalue weighted by Crippen LogP contribution is -2.16. The van der Waals surface area contributed by atoms with Crippen LogP contribution < -0.4 is 0 Å². The molecule has 0 fully saturated rings. The molecule has 2 heterocycles. The number of amidine groups is 1. The number of benzene rings is 7. The van der Waals surface area contributed by atoms with E-state index in [9.17, 15) is 0 Å². The highest BCUT2D eigenvalue weighted by Crippen LogP contribution is 2.50. The number of aromatic nitrogens is 1. The number of hydrogen-bond acceptors (Lipinski definition) is 2. The summed E-state index contributed by atoms with van der Waals surface area (Å²) in [5.41, 5.74) is 10.9. The number of nitrogens with zero attached hydrogens (tertiary/aromatic N) is 3. The number of thiophene rings is 1. The van der Waals surface area contributed by atoms with Crippen LogP contribution in [-0.2, 0) is 0 Å². The van der Waals surface area contributed by atoms with Gasteiger partial charge in [0.1, 0.15) is 0 Å². The average Bonchev–Trinajstić information content (AvgIpc) is 3.81. The van der Waals surface area contributed by atoms with E-state index in [-0.39, 0.29) is 5.92 Å². The van der Waals surface area contributed by atoms with Gasteiger partial charge in [0.25, 0.3) is 0 Å². The second-order valence-electron chi connectivity index (χ2n) is 14.2. The van der Waals surface area contributed by atoms with Gasteiger partial charge < -0.3 is 4.57 Å². The molecule has 1 aliphatic rings. The normalized spacial score (nSPS) is 15.0. The molecule has 0 amide bonds. The third-order valence-corrected chi connectivity index (χ3v) is 12.0. The molecule has 0 radical (unpaired) electrons. The van der Waals surface area contributed by atoms with E-state index in [2.05, 4.69) is 151 Å². The first kappa shape index (κ1) is 33.7. The fourth-order valence-electron chi connectivity index (χ4n) is 8.26. The number of aliphatic imine (C=N–C) groups is 2. The fourth-order valence-corrected chi connectivity index (χ4v) is 9.38. The Morgan fingerprint density at radius 3 is 2.02 bits per heavy atom. The molecule has 1 unspecified atom stereocenters. The van der Waals surface area contributed by atoms with Crippen LogP contribution in [0.2, 0.25) is 0 Å². The summed E-state index contributed by atoms with van der Waals surface area (Å²) in [7, 11) is 0. The number of hydrogen-bond donors (Lipinski definition) is 0. The molecule has 4 heteroatoms. The molecule has 0 bridgehead atoms. The molecule has 3 nitrogen and oxygen atoms in total. The van der Waals surface area contributed by atoms with Crippen LogP contribution >= 0.6 is 11.3 Å². The Morgan fingerprint density at radius 2 is 1.25 bits per heavy atom. The summed E-state index contributed by atoms with van der Waals surface area (Å²) >= 11 is 1.87. The molecule has 56 heavy (non-hydrogen) atoms. The second-order valence-corrected chi connectivity index (χ2v) is 15.3. The first-order chi connectivity index (χ1) is 27.7. The van der Waals surface area contributed by atoms with E-state index in [1.54, 1.807) is 0 Å². The monoisotopic (exact) mass is 735 g/mol. The Balaban J connectivity index is 1.24. The van der Waals surface area contributed by atoms with E-state index >= 15 is 0 Å². The van der Waals surface area contributed by atoms with Crippen molar-refractivity contribution < 1.29 is 0 Å². The summed E-state index contributed by atoms with van der Waals surface area (Å²) < 4.78 is 5.17. The predicted octanol–water partition coefficient (Wildman–Crippen LogP) is 13.7. The Bertz CT molecular complexity index is 3040. The van der Waals surface area contributed by atoms with Gasteiger partial charge in [-0.05, 0) is 59.0 Å². The molecule has 2 aromatic heterocycles. The number of allylic oxidation sites excluding steroid dienone is 4. The van der Waals surface area contributed by atoms with Crippen LogP contribution in [0.1, 0.15) is 34.6 Å². The minimum Gasteiger partial charge on any atom is -0.312 e. The largest absolute Gasteiger partial charge is 0.312 e. The summed E-state index contributed by atoms with van der Waals surface area (Å²) in [6.07, 6.45) is 4.93. The topological polar surface area (TPSA) is 29.6 Å². The molecule has 266 valence electrons. The minimum absolute atomic E-state index is 0.000253. The predicted molar refractivity (Wildman–Crippen MR) is 240 cm³/mol. The third kappa shape index (κ3) is 6.01. The molecule has 0 N–H and O–H groups in total. The van der Waals surface area contributed by atoms with Gasteiger partial charge in [-0.2, -0.15) is 0 Å². The molecule has 1 atom stereocenters. The van der Waals surface area contributed by atoms with E-state index in [0.29, 0.717) is 11.5 Å². The van der Waals surface area contributed by atoms with E-state index in [0.717, 1.165) is 34.3 Å². The van der Waals surface area contributed by atoms with E-state index < -0.39 is 0 Å². The van der Waals surface area contributed by atoms with Crippen molar-refractivity contribution in [3.05, 3.63) is 228 Å². The van der Waals surface area contributed by atoms with Crippen molar-refractivity contribution in [2.45, 2.75) is 12.3 Å². The number of fused-ring (bicyclic) bond motifs is 7. The maximum atomic E-state index is 5.21. The molecule has 0 spiro atoms. The number of para-hydroxylation sites is 1. The van der Waals surface area contributed by atoms with Gasteiger partial charge in [0.05, 0.1) is 16.7 Å². The summed E-state index contributed by atoms with van der Waals surface area (Å²) in [4.78, 5) is 10.2. The lowest BCUT2D eigenvalue weighted by Gasteiger charge is -2.31. The van der Waals surface area contributed by atoms with Crippen molar-refractivity contribution >= 4 is 76.6 Å². The summed E-state index contributed by atoms with van der Waals surface area (Å²) in [5, 5.41) is 5.20. The minimum atomic E-state index is 0.000253. The van der Waals surface area contributed by atoms with E-state index in [4.69, 9.17) is 9.98 Å². The molecule has 0 saturated heterocycles. The van der Waals surface area contributed by atoms with Crippen molar-refractivity contribution in [2.24, 2.45) is 9.98 Å². The highest BCUT2D eigenvalue weighted by molar-refractivity contribution is 7.26. The fraction of sp³-hybridized carbons (Fsp3) is 0.0385. The van der Waals surface area contributed by atoms with Gasteiger partial charge in [0.2, 0.25) is 0 Å². The standard InChI is InChI=1S/C52H37N3S/c1-35(54-52(39-24-12-5-13-25-39)53-34-36-18-6-2-7-19-36)40-32-43(37-20-8-3-9-21-37)51(44(33-40)38-22-10-4-11-23-38)55-45-28-16-14-26-41(45)49-46(55)30-31-48-50(49)42-27-15-17-29-47(42)56-48/h2-32,34,44H,1,33H2.